The molecule has 1 aromatic heterocycles. The number of unbranched alkanes of at least 4 members (excludes halogenated alkanes) is 1. The minimum absolute atomic E-state index is 0.157. The van der Waals surface area contributed by atoms with Crippen LogP contribution < -0.4 is 5.84 Å². The number of rotatable bonds is 6. The number of aryl methyl sites for hydroxylation is 1. The summed E-state index contributed by atoms with van der Waals surface area (Å²) in [6.07, 6.45) is 7.35. The second-order valence-electron chi connectivity index (χ2n) is 5.30. The summed E-state index contributed by atoms with van der Waals surface area (Å²) >= 11 is 1.62. The molecule has 0 spiro atoms. The molecule has 2 unspecified atom stereocenters. The van der Waals surface area contributed by atoms with Gasteiger partial charge in [0.25, 0.3) is 0 Å². The molecule has 108 valence electrons. The fraction of sp³-hybridized carbons (Fsp3) is 0.846. The molecule has 1 aliphatic rings. The summed E-state index contributed by atoms with van der Waals surface area (Å²) in [4.78, 5) is 0. The van der Waals surface area contributed by atoms with E-state index in [9.17, 15) is 5.11 Å². The van der Waals surface area contributed by atoms with Crippen molar-refractivity contribution >= 4 is 11.8 Å². The second-order valence-corrected chi connectivity index (χ2v) is 6.28. The summed E-state index contributed by atoms with van der Waals surface area (Å²) in [5.74, 6) is 8.11. The fourth-order valence-corrected chi connectivity index (χ4v) is 3.57. The van der Waals surface area contributed by atoms with Crippen molar-refractivity contribution in [1.29, 1.82) is 0 Å². The monoisotopic (exact) mass is 284 g/mol. The first kappa shape index (κ1) is 14.7. The van der Waals surface area contributed by atoms with Gasteiger partial charge < -0.3 is 10.9 Å². The molecule has 5 nitrogen and oxygen atoms in total. The van der Waals surface area contributed by atoms with Crippen LogP contribution in [0, 0.1) is 5.92 Å². The molecule has 0 amide bonds. The number of nitrogens with zero attached hydrogens (tertiary/aromatic N) is 3. The maximum absolute atomic E-state index is 9.95. The molecule has 2 atom stereocenters. The standard InChI is InChI=1S/C13H24N4OS/c1-2-3-8-12-15-16-13(17(12)14)19-9-10-6-4-5-7-11(10)18/h10-11,18H,2-9,14H2,1H3. The highest BCUT2D eigenvalue weighted by Gasteiger charge is 2.24. The first-order valence-corrected chi connectivity index (χ1v) is 8.21. The zero-order chi connectivity index (χ0) is 13.7. The Morgan fingerprint density at radius 2 is 2.16 bits per heavy atom. The number of nitrogen functional groups attached to an aromatic ring is 1. The predicted molar refractivity (Wildman–Crippen MR) is 77.5 cm³/mol. The Balaban J connectivity index is 1.87. The zero-order valence-corrected chi connectivity index (χ0v) is 12.4. The van der Waals surface area contributed by atoms with Gasteiger partial charge in [-0.25, -0.2) is 4.68 Å². The van der Waals surface area contributed by atoms with E-state index in [1.165, 1.54) is 6.42 Å². The predicted octanol–water partition coefficient (Wildman–Crippen LogP) is 1.98. The highest BCUT2D eigenvalue weighted by molar-refractivity contribution is 7.99. The summed E-state index contributed by atoms with van der Waals surface area (Å²) in [7, 11) is 0. The van der Waals surface area contributed by atoms with Crippen molar-refractivity contribution < 1.29 is 5.11 Å². The van der Waals surface area contributed by atoms with Crippen LogP contribution in [0.15, 0.2) is 5.16 Å². The lowest BCUT2D eigenvalue weighted by Crippen LogP contribution is -2.26. The fourth-order valence-electron chi connectivity index (χ4n) is 2.48. The van der Waals surface area contributed by atoms with E-state index >= 15 is 0 Å². The van der Waals surface area contributed by atoms with Gasteiger partial charge in [-0.05, 0) is 25.2 Å². The van der Waals surface area contributed by atoms with Crippen LogP contribution in [-0.4, -0.2) is 31.8 Å². The second kappa shape index (κ2) is 7.14. The highest BCUT2D eigenvalue weighted by atomic mass is 32.2. The Labute approximate surface area is 118 Å². The van der Waals surface area contributed by atoms with Gasteiger partial charge in [0.1, 0.15) is 0 Å². The molecule has 0 aliphatic heterocycles. The summed E-state index contributed by atoms with van der Waals surface area (Å²) < 4.78 is 1.61. The maximum Gasteiger partial charge on any atom is 0.209 e. The number of aliphatic hydroxyl groups is 1. The molecule has 1 heterocycles. The molecule has 2 rings (SSSR count). The van der Waals surface area contributed by atoms with Crippen molar-refractivity contribution in [1.82, 2.24) is 14.9 Å². The van der Waals surface area contributed by atoms with E-state index in [4.69, 9.17) is 5.84 Å². The van der Waals surface area contributed by atoms with Gasteiger partial charge in [0.15, 0.2) is 5.82 Å². The molecular weight excluding hydrogens is 260 g/mol. The molecule has 1 aromatic rings. The highest BCUT2D eigenvalue weighted by Crippen LogP contribution is 2.29. The molecule has 1 aliphatic carbocycles. The Kier molecular flexibility index (Phi) is 5.51. The lowest BCUT2D eigenvalue weighted by Gasteiger charge is -2.26. The average molecular weight is 284 g/mol. The van der Waals surface area contributed by atoms with Crippen molar-refractivity contribution in [3.63, 3.8) is 0 Å². The minimum Gasteiger partial charge on any atom is -0.393 e. The summed E-state index contributed by atoms with van der Waals surface area (Å²) in [6.45, 7) is 2.15. The molecular formula is C13H24N4OS. The number of thioether (sulfide) groups is 1. The van der Waals surface area contributed by atoms with Crippen LogP contribution in [0.25, 0.3) is 0 Å². The SMILES string of the molecule is CCCCc1nnc(SCC2CCCCC2O)n1N. The van der Waals surface area contributed by atoms with Crippen molar-refractivity contribution in [2.75, 3.05) is 11.6 Å². The van der Waals surface area contributed by atoms with Crippen LogP contribution in [-0.2, 0) is 6.42 Å². The number of hydrogen-bond donors (Lipinski definition) is 2. The Morgan fingerprint density at radius 3 is 2.89 bits per heavy atom. The number of aliphatic hydroxyl groups excluding tert-OH is 1. The summed E-state index contributed by atoms with van der Waals surface area (Å²) in [5.41, 5.74) is 0. The quantitative estimate of drug-likeness (QED) is 0.617. The molecule has 0 bridgehead atoms. The van der Waals surface area contributed by atoms with Crippen LogP contribution in [0.4, 0.5) is 0 Å². The van der Waals surface area contributed by atoms with Crippen molar-refractivity contribution in [3.05, 3.63) is 5.82 Å². The van der Waals surface area contributed by atoms with Crippen LogP contribution in [0.3, 0.4) is 0 Å². The molecule has 6 heteroatoms. The van der Waals surface area contributed by atoms with E-state index in [1.54, 1.807) is 16.4 Å². The van der Waals surface area contributed by atoms with Gasteiger partial charge >= 0.3 is 0 Å². The molecule has 0 saturated heterocycles. The first-order chi connectivity index (χ1) is 9.22. The third-order valence-corrected chi connectivity index (χ3v) is 4.92. The Bertz CT molecular complexity index is 396. The van der Waals surface area contributed by atoms with Crippen LogP contribution >= 0.6 is 11.8 Å². The van der Waals surface area contributed by atoms with Crippen LogP contribution in [0.5, 0.6) is 0 Å². The van der Waals surface area contributed by atoms with Gasteiger partial charge in [-0.15, -0.1) is 10.2 Å². The van der Waals surface area contributed by atoms with E-state index < -0.39 is 0 Å². The zero-order valence-electron chi connectivity index (χ0n) is 11.6. The van der Waals surface area contributed by atoms with E-state index in [-0.39, 0.29) is 6.10 Å². The molecule has 3 N–H and O–H groups in total. The molecule has 19 heavy (non-hydrogen) atoms. The maximum atomic E-state index is 9.95. The van der Waals surface area contributed by atoms with E-state index in [2.05, 4.69) is 17.1 Å². The molecule has 0 radical (unpaired) electrons. The number of hydrogen-bond acceptors (Lipinski definition) is 5. The third kappa shape index (κ3) is 3.86. The van der Waals surface area contributed by atoms with Crippen LogP contribution in [0.1, 0.15) is 51.3 Å². The van der Waals surface area contributed by atoms with E-state index in [0.717, 1.165) is 55.3 Å². The normalized spacial score (nSPS) is 23.7. The van der Waals surface area contributed by atoms with Gasteiger partial charge in [0.05, 0.1) is 6.10 Å². The topological polar surface area (TPSA) is 77.0 Å². The molecule has 0 aromatic carbocycles. The van der Waals surface area contributed by atoms with Crippen molar-refractivity contribution in [3.8, 4) is 0 Å². The Morgan fingerprint density at radius 1 is 1.37 bits per heavy atom. The van der Waals surface area contributed by atoms with Crippen molar-refractivity contribution in [2.45, 2.75) is 63.1 Å². The van der Waals surface area contributed by atoms with E-state index in [1.807, 2.05) is 0 Å². The first-order valence-electron chi connectivity index (χ1n) is 7.22. The van der Waals surface area contributed by atoms with Gasteiger partial charge in [0.2, 0.25) is 5.16 Å². The largest absolute Gasteiger partial charge is 0.393 e. The van der Waals surface area contributed by atoms with Gasteiger partial charge in [0, 0.05) is 12.2 Å². The van der Waals surface area contributed by atoms with Crippen molar-refractivity contribution in [2.24, 2.45) is 5.92 Å². The van der Waals surface area contributed by atoms with Gasteiger partial charge in [-0.2, -0.15) is 0 Å². The summed E-state index contributed by atoms with van der Waals surface area (Å²) in [6, 6.07) is 0. The van der Waals surface area contributed by atoms with Gasteiger partial charge in [-0.1, -0.05) is 37.9 Å². The number of aromatic nitrogens is 3. The Hall–Kier alpha value is -0.750. The number of nitrogens with two attached hydrogens (primary N) is 1. The lowest BCUT2D eigenvalue weighted by molar-refractivity contribution is 0.0816. The molecule has 1 saturated carbocycles. The smallest absolute Gasteiger partial charge is 0.209 e. The summed E-state index contributed by atoms with van der Waals surface area (Å²) in [5, 5.41) is 19.0. The van der Waals surface area contributed by atoms with Crippen LogP contribution in [0.2, 0.25) is 0 Å². The molecule has 1 fully saturated rings. The third-order valence-electron chi connectivity index (χ3n) is 3.78. The van der Waals surface area contributed by atoms with Gasteiger partial charge in [-0.3, -0.25) is 0 Å². The van der Waals surface area contributed by atoms with E-state index in [0.29, 0.717) is 5.92 Å². The minimum atomic E-state index is -0.157. The average Bonchev–Trinajstić information content (AvgIpc) is 2.76. The lowest BCUT2D eigenvalue weighted by atomic mass is 9.88.